The van der Waals surface area contributed by atoms with Crippen molar-refractivity contribution >= 4 is 17.6 Å². The van der Waals surface area contributed by atoms with Crippen molar-refractivity contribution in [3.05, 3.63) is 52.7 Å². The van der Waals surface area contributed by atoms with Crippen molar-refractivity contribution in [2.24, 2.45) is 0 Å². The molecule has 1 aromatic carbocycles. The van der Waals surface area contributed by atoms with Crippen LogP contribution in [-0.2, 0) is 11.2 Å². The number of nitrogens with zero attached hydrogens (tertiary/aromatic N) is 1. The van der Waals surface area contributed by atoms with Crippen molar-refractivity contribution in [2.75, 3.05) is 7.11 Å². The quantitative estimate of drug-likeness (QED) is 0.801. The Morgan fingerprint density at radius 2 is 1.89 bits per heavy atom. The minimum absolute atomic E-state index is 0.355. The number of aromatic nitrogens is 1. The molecule has 0 atom stereocenters. The van der Waals surface area contributed by atoms with Crippen molar-refractivity contribution in [3.8, 4) is 11.3 Å². The molecule has 0 fully saturated rings. The maximum absolute atomic E-state index is 11.6. The molecule has 0 saturated heterocycles. The van der Waals surface area contributed by atoms with Crippen molar-refractivity contribution in [3.63, 3.8) is 0 Å². The molecule has 0 aliphatic carbocycles. The fourth-order valence-corrected chi connectivity index (χ4v) is 1.97. The summed E-state index contributed by atoms with van der Waals surface area (Å²) in [6, 6.07) is 11.0. The molecular formula is C15H14ClNO2. The SMILES string of the molecule is CCc1nc(-c2ccc(Cl)cc2)ccc1C(=O)OC. The second-order valence-electron chi connectivity index (χ2n) is 4.04. The van der Waals surface area contributed by atoms with Crippen LogP contribution in [0.2, 0.25) is 5.02 Å². The van der Waals surface area contributed by atoms with Gasteiger partial charge >= 0.3 is 5.97 Å². The Morgan fingerprint density at radius 3 is 2.47 bits per heavy atom. The number of benzene rings is 1. The van der Waals surface area contributed by atoms with Gasteiger partial charge in [-0.2, -0.15) is 0 Å². The van der Waals surface area contributed by atoms with Crippen LogP contribution in [0.1, 0.15) is 23.0 Å². The molecule has 0 spiro atoms. The van der Waals surface area contributed by atoms with E-state index >= 15 is 0 Å². The molecule has 0 aliphatic rings. The first-order valence-electron chi connectivity index (χ1n) is 6.00. The number of halogens is 1. The average molecular weight is 276 g/mol. The zero-order chi connectivity index (χ0) is 13.8. The molecule has 98 valence electrons. The minimum Gasteiger partial charge on any atom is -0.465 e. The molecule has 3 nitrogen and oxygen atoms in total. The first kappa shape index (κ1) is 13.6. The molecule has 1 heterocycles. The second-order valence-corrected chi connectivity index (χ2v) is 4.48. The van der Waals surface area contributed by atoms with E-state index in [1.165, 1.54) is 7.11 Å². The van der Waals surface area contributed by atoms with Gasteiger partial charge in [0.15, 0.2) is 0 Å². The van der Waals surface area contributed by atoms with E-state index in [-0.39, 0.29) is 5.97 Å². The summed E-state index contributed by atoms with van der Waals surface area (Å²) in [7, 11) is 1.37. The highest BCUT2D eigenvalue weighted by Crippen LogP contribution is 2.21. The number of carbonyl (C=O) groups excluding carboxylic acids is 1. The van der Waals surface area contributed by atoms with Gasteiger partial charge in [-0.25, -0.2) is 4.79 Å². The van der Waals surface area contributed by atoms with E-state index in [9.17, 15) is 4.79 Å². The van der Waals surface area contributed by atoms with Gasteiger partial charge in [-0.15, -0.1) is 0 Å². The van der Waals surface area contributed by atoms with Crippen LogP contribution in [0.25, 0.3) is 11.3 Å². The van der Waals surface area contributed by atoms with Crippen LogP contribution in [0.5, 0.6) is 0 Å². The molecule has 0 aliphatic heterocycles. The topological polar surface area (TPSA) is 39.2 Å². The van der Waals surface area contributed by atoms with Gasteiger partial charge in [0.1, 0.15) is 0 Å². The lowest BCUT2D eigenvalue weighted by Crippen LogP contribution is -2.07. The molecule has 1 aromatic heterocycles. The third-order valence-electron chi connectivity index (χ3n) is 2.85. The first-order valence-corrected chi connectivity index (χ1v) is 6.37. The van der Waals surface area contributed by atoms with E-state index in [0.717, 1.165) is 17.0 Å². The molecule has 0 N–H and O–H groups in total. The largest absolute Gasteiger partial charge is 0.465 e. The van der Waals surface area contributed by atoms with Crippen LogP contribution in [0.3, 0.4) is 0 Å². The zero-order valence-electron chi connectivity index (χ0n) is 10.8. The Bertz CT molecular complexity index is 594. The summed E-state index contributed by atoms with van der Waals surface area (Å²) in [5, 5.41) is 0.686. The molecular weight excluding hydrogens is 262 g/mol. The molecule has 0 amide bonds. The fourth-order valence-electron chi connectivity index (χ4n) is 1.85. The summed E-state index contributed by atoms with van der Waals surface area (Å²) in [6.45, 7) is 1.96. The number of aryl methyl sites for hydroxylation is 1. The molecule has 2 rings (SSSR count). The molecule has 0 saturated carbocycles. The highest BCUT2D eigenvalue weighted by atomic mass is 35.5. The molecule has 0 bridgehead atoms. The van der Waals surface area contributed by atoms with Gasteiger partial charge in [0.25, 0.3) is 0 Å². The molecule has 0 unspecified atom stereocenters. The molecule has 2 aromatic rings. The zero-order valence-corrected chi connectivity index (χ0v) is 11.6. The number of carbonyl (C=O) groups is 1. The summed E-state index contributed by atoms with van der Waals surface area (Å²) in [5.41, 5.74) is 3.04. The number of hydrogen-bond donors (Lipinski definition) is 0. The summed E-state index contributed by atoms with van der Waals surface area (Å²) in [4.78, 5) is 16.1. The third kappa shape index (κ3) is 2.93. The molecule has 4 heteroatoms. The Hall–Kier alpha value is -1.87. The Kier molecular flexibility index (Phi) is 4.17. The summed E-state index contributed by atoms with van der Waals surface area (Å²) in [5.74, 6) is -0.355. The van der Waals surface area contributed by atoms with E-state index in [1.54, 1.807) is 6.07 Å². The second kappa shape index (κ2) is 5.85. The number of ether oxygens (including phenoxy) is 1. The van der Waals surface area contributed by atoms with Crippen LogP contribution < -0.4 is 0 Å². The van der Waals surface area contributed by atoms with Crippen LogP contribution in [0.15, 0.2) is 36.4 Å². The van der Waals surface area contributed by atoms with Crippen molar-refractivity contribution < 1.29 is 9.53 Å². The lowest BCUT2D eigenvalue weighted by atomic mass is 10.1. The fraction of sp³-hybridized carbons (Fsp3) is 0.200. The summed E-state index contributed by atoms with van der Waals surface area (Å²) < 4.78 is 4.74. The van der Waals surface area contributed by atoms with Crippen molar-refractivity contribution in [2.45, 2.75) is 13.3 Å². The highest BCUT2D eigenvalue weighted by molar-refractivity contribution is 6.30. The number of esters is 1. The van der Waals surface area contributed by atoms with Crippen LogP contribution in [0, 0.1) is 0 Å². The highest BCUT2D eigenvalue weighted by Gasteiger charge is 2.13. The molecule has 19 heavy (non-hydrogen) atoms. The number of hydrogen-bond acceptors (Lipinski definition) is 3. The van der Waals surface area contributed by atoms with Crippen LogP contribution in [0.4, 0.5) is 0 Å². The van der Waals surface area contributed by atoms with Gasteiger partial charge in [0.05, 0.1) is 24.1 Å². The minimum atomic E-state index is -0.355. The van der Waals surface area contributed by atoms with Crippen molar-refractivity contribution in [1.82, 2.24) is 4.98 Å². The normalized spacial score (nSPS) is 10.3. The Balaban J connectivity index is 2.44. The number of pyridine rings is 1. The van der Waals surface area contributed by atoms with E-state index < -0.39 is 0 Å². The lowest BCUT2D eigenvalue weighted by Gasteiger charge is -2.08. The van der Waals surface area contributed by atoms with E-state index in [4.69, 9.17) is 16.3 Å². The predicted octanol–water partition coefficient (Wildman–Crippen LogP) is 3.75. The Morgan fingerprint density at radius 1 is 1.21 bits per heavy atom. The van der Waals surface area contributed by atoms with Gasteiger partial charge in [0, 0.05) is 10.6 Å². The van der Waals surface area contributed by atoms with E-state index in [0.29, 0.717) is 17.0 Å². The summed E-state index contributed by atoms with van der Waals surface area (Å²) >= 11 is 5.86. The third-order valence-corrected chi connectivity index (χ3v) is 3.11. The lowest BCUT2D eigenvalue weighted by molar-refractivity contribution is 0.0599. The maximum atomic E-state index is 11.6. The van der Waals surface area contributed by atoms with Gasteiger partial charge in [0.2, 0.25) is 0 Å². The average Bonchev–Trinajstić information content (AvgIpc) is 2.46. The van der Waals surface area contributed by atoms with Gasteiger partial charge in [-0.05, 0) is 30.7 Å². The van der Waals surface area contributed by atoms with Crippen LogP contribution >= 0.6 is 11.6 Å². The smallest absolute Gasteiger partial charge is 0.339 e. The maximum Gasteiger partial charge on any atom is 0.339 e. The van der Waals surface area contributed by atoms with Crippen LogP contribution in [-0.4, -0.2) is 18.1 Å². The number of methoxy groups -OCH3 is 1. The predicted molar refractivity (Wildman–Crippen MR) is 75.4 cm³/mol. The van der Waals surface area contributed by atoms with Gasteiger partial charge < -0.3 is 4.74 Å². The van der Waals surface area contributed by atoms with Gasteiger partial charge in [-0.3, -0.25) is 4.98 Å². The standard InChI is InChI=1S/C15H14ClNO2/c1-3-13-12(15(18)19-2)8-9-14(17-13)10-4-6-11(16)7-5-10/h4-9H,3H2,1-2H3. The summed E-state index contributed by atoms with van der Waals surface area (Å²) in [6.07, 6.45) is 0.672. The van der Waals surface area contributed by atoms with Gasteiger partial charge in [-0.1, -0.05) is 30.7 Å². The first-order chi connectivity index (χ1) is 9.15. The Labute approximate surface area is 117 Å². The van der Waals surface area contributed by atoms with Crippen molar-refractivity contribution in [1.29, 1.82) is 0 Å². The number of rotatable bonds is 3. The molecule has 0 radical (unpaired) electrons. The van der Waals surface area contributed by atoms with E-state index in [1.807, 2.05) is 37.3 Å². The monoisotopic (exact) mass is 275 g/mol. The van der Waals surface area contributed by atoms with E-state index in [2.05, 4.69) is 4.98 Å².